The lowest BCUT2D eigenvalue weighted by Gasteiger charge is -2.17. The third-order valence-corrected chi connectivity index (χ3v) is 5.62. The molecule has 3 aromatic rings. The van der Waals surface area contributed by atoms with Crippen molar-refractivity contribution in [3.8, 4) is 5.75 Å². The average Bonchev–Trinajstić information content (AvgIpc) is 3.05. The van der Waals surface area contributed by atoms with Gasteiger partial charge in [-0.15, -0.1) is 0 Å². The summed E-state index contributed by atoms with van der Waals surface area (Å²) in [5.41, 5.74) is 2.82. The standard InChI is InChI=1S/C25H27NO5/c1-13(18-7-8-20-12-21(30-6)10-9-19(20)11-18)25(29)31-17(5)24(28)23-14(2)22(16(4)27)15(3)26-23/h7-13,17,26H,1-6H3/t13-,17+/m0/s1. The molecule has 0 aliphatic carbocycles. The zero-order valence-corrected chi connectivity index (χ0v) is 18.7. The van der Waals surface area contributed by atoms with Gasteiger partial charge in [-0.1, -0.05) is 24.3 Å². The van der Waals surface area contributed by atoms with Crippen LogP contribution in [0.4, 0.5) is 0 Å². The lowest BCUT2D eigenvalue weighted by atomic mass is 9.97. The first-order valence-corrected chi connectivity index (χ1v) is 10.2. The molecular weight excluding hydrogens is 394 g/mol. The number of ketones is 2. The number of esters is 1. The highest BCUT2D eigenvalue weighted by Crippen LogP contribution is 2.26. The maximum Gasteiger partial charge on any atom is 0.313 e. The molecule has 2 aromatic carbocycles. The highest BCUT2D eigenvalue weighted by atomic mass is 16.5. The van der Waals surface area contributed by atoms with E-state index in [4.69, 9.17) is 9.47 Å². The van der Waals surface area contributed by atoms with Crippen LogP contribution >= 0.6 is 0 Å². The van der Waals surface area contributed by atoms with Gasteiger partial charge in [0, 0.05) is 11.3 Å². The number of aromatic amines is 1. The SMILES string of the molecule is COc1ccc2cc([C@H](C)C(=O)O[C@H](C)C(=O)c3[nH]c(C)c(C(C)=O)c3C)ccc2c1. The van der Waals surface area contributed by atoms with E-state index in [0.29, 0.717) is 22.5 Å². The van der Waals surface area contributed by atoms with Crippen LogP contribution in [0.3, 0.4) is 0 Å². The number of Topliss-reactive ketones (excluding diaryl/α,β-unsaturated/α-hetero) is 2. The number of carbonyl (C=O) groups excluding carboxylic acids is 3. The number of ether oxygens (including phenoxy) is 2. The third-order valence-electron chi connectivity index (χ3n) is 5.62. The van der Waals surface area contributed by atoms with Gasteiger partial charge in [0.1, 0.15) is 5.75 Å². The zero-order chi connectivity index (χ0) is 22.9. The minimum atomic E-state index is -0.976. The first kappa shape index (κ1) is 22.3. The van der Waals surface area contributed by atoms with Crippen molar-refractivity contribution in [3.63, 3.8) is 0 Å². The largest absolute Gasteiger partial charge is 0.497 e. The summed E-state index contributed by atoms with van der Waals surface area (Å²) < 4.78 is 10.7. The first-order valence-electron chi connectivity index (χ1n) is 10.2. The summed E-state index contributed by atoms with van der Waals surface area (Å²) in [6.07, 6.45) is -0.976. The van der Waals surface area contributed by atoms with E-state index >= 15 is 0 Å². The number of methoxy groups -OCH3 is 1. The summed E-state index contributed by atoms with van der Waals surface area (Å²) in [5.74, 6) is -0.734. The zero-order valence-electron chi connectivity index (χ0n) is 18.7. The molecule has 0 aliphatic heterocycles. The molecular formula is C25H27NO5. The summed E-state index contributed by atoms with van der Waals surface area (Å²) in [6.45, 7) is 8.22. The molecule has 6 heteroatoms. The Labute approximate surface area is 181 Å². The third kappa shape index (κ3) is 4.38. The molecule has 0 aliphatic rings. The van der Waals surface area contributed by atoms with Gasteiger partial charge >= 0.3 is 5.97 Å². The van der Waals surface area contributed by atoms with Crippen LogP contribution in [0, 0.1) is 13.8 Å². The van der Waals surface area contributed by atoms with Crippen molar-refractivity contribution in [2.75, 3.05) is 7.11 Å². The van der Waals surface area contributed by atoms with Gasteiger partial charge in [-0.3, -0.25) is 14.4 Å². The van der Waals surface area contributed by atoms with Crippen molar-refractivity contribution in [1.29, 1.82) is 0 Å². The molecule has 0 bridgehead atoms. The molecule has 0 fully saturated rings. The van der Waals surface area contributed by atoms with E-state index in [0.717, 1.165) is 22.1 Å². The topological polar surface area (TPSA) is 85.5 Å². The Hall–Kier alpha value is -3.41. The number of hydrogen-bond donors (Lipinski definition) is 1. The molecule has 0 spiro atoms. The van der Waals surface area contributed by atoms with Gasteiger partial charge in [-0.25, -0.2) is 0 Å². The number of hydrogen-bond acceptors (Lipinski definition) is 5. The van der Waals surface area contributed by atoms with Crippen molar-refractivity contribution in [2.24, 2.45) is 0 Å². The van der Waals surface area contributed by atoms with Crippen molar-refractivity contribution in [1.82, 2.24) is 4.98 Å². The van der Waals surface area contributed by atoms with E-state index in [1.807, 2.05) is 36.4 Å². The van der Waals surface area contributed by atoms with Crippen LogP contribution in [0.15, 0.2) is 36.4 Å². The summed E-state index contributed by atoms with van der Waals surface area (Å²) in [6, 6.07) is 11.5. The van der Waals surface area contributed by atoms with Crippen molar-refractivity contribution >= 4 is 28.3 Å². The molecule has 2 atom stereocenters. The fourth-order valence-electron chi connectivity index (χ4n) is 3.83. The van der Waals surface area contributed by atoms with Gasteiger partial charge < -0.3 is 14.5 Å². The Morgan fingerprint density at radius 2 is 1.61 bits per heavy atom. The second-order valence-electron chi connectivity index (χ2n) is 7.82. The molecule has 162 valence electrons. The number of fused-ring (bicyclic) bond motifs is 1. The van der Waals surface area contributed by atoms with Crippen LogP contribution in [0.1, 0.15) is 64.4 Å². The van der Waals surface area contributed by atoms with Crippen LogP contribution in [-0.2, 0) is 9.53 Å². The van der Waals surface area contributed by atoms with Crippen molar-refractivity contribution < 1.29 is 23.9 Å². The molecule has 0 amide bonds. The highest BCUT2D eigenvalue weighted by Gasteiger charge is 2.28. The normalized spacial score (nSPS) is 13.0. The highest BCUT2D eigenvalue weighted by molar-refractivity contribution is 6.05. The molecule has 31 heavy (non-hydrogen) atoms. The molecule has 6 nitrogen and oxygen atoms in total. The van der Waals surface area contributed by atoms with Gasteiger partial charge in [0.25, 0.3) is 0 Å². The fourth-order valence-corrected chi connectivity index (χ4v) is 3.83. The van der Waals surface area contributed by atoms with E-state index in [9.17, 15) is 14.4 Å². The van der Waals surface area contributed by atoms with E-state index in [-0.39, 0.29) is 11.6 Å². The summed E-state index contributed by atoms with van der Waals surface area (Å²) in [4.78, 5) is 40.4. The molecule has 0 saturated carbocycles. The monoisotopic (exact) mass is 421 g/mol. The maximum atomic E-state index is 12.9. The second-order valence-corrected chi connectivity index (χ2v) is 7.82. The Kier molecular flexibility index (Phi) is 6.29. The Morgan fingerprint density at radius 3 is 2.23 bits per heavy atom. The van der Waals surface area contributed by atoms with Gasteiger partial charge in [-0.05, 0) is 68.7 Å². The number of carbonyl (C=O) groups is 3. The molecule has 1 N–H and O–H groups in total. The van der Waals surface area contributed by atoms with Crippen LogP contribution in [-0.4, -0.2) is 35.7 Å². The lowest BCUT2D eigenvalue weighted by Crippen LogP contribution is -2.27. The molecule has 0 saturated heterocycles. The fraction of sp³-hybridized carbons (Fsp3) is 0.320. The minimum Gasteiger partial charge on any atom is -0.497 e. The molecule has 3 rings (SSSR count). The van der Waals surface area contributed by atoms with E-state index < -0.39 is 18.0 Å². The quantitative estimate of drug-likeness (QED) is 0.433. The Balaban J connectivity index is 1.76. The van der Waals surface area contributed by atoms with Gasteiger partial charge in [0.15, 0.2) is 11.9 Å². The number of H-pyrrole nitrogens is 1. The van der Waals surface area contributed by atoms with Crippen LogP contribution in [0.25, 0.3) is 10.8 Å². The van der Waals surface area contributed by atoms with E-state index in [1.54, 1.807) is 34.8 Å². The summed E-state index contributed by atoms with van der Waals surface area (Å²) >= 11 is 0. The number of benzene rings is 2. The Bertz CT molecular complexity index is 1170. The maximum absolute atomic E-state index is 12.9. The van der Waals surface area contributed by atoms with Crippen LogP contribution < -0.4 is 4.74 Å². The van der Waals surface area contributed by atoms with Gasteiger partial charge in [0.05, 0.1) is 18.7 Å². The smallest absolute Gasteiger partial charge is 0.313 e. The van der Waals surface area contributed by atoms with Gasteiger partial charge in [0.2, 0.25) is 5.78 Å². The molecule has 0 radical (unpaired) electrons. The Morgan fingerprint density at radius 1 is 0.968 bits per heavy atom. The van der Waals surface area contributed by atoms with Crippen molar-refractivity contribution in [2.45, 2.75) is 46.6 Å². The predicted molar refractivity (Wildman–Crippen MR) is 119 cm³/mol. The number of rotatable bonds is 7. The number of aromatic nitrogens is 1. The van der Waals surface area contributed by atoms with Crippen molar-refractivity contribution in [3.05, 3.63) is 64.5 Å². The lowest BCUT2D eigenvalue weighted by molar-refractivity contribution is -0.147. The van der Waals surface area contributed by atoms with Gasteiger partial charge in [-0.2, -0.15) is 0 Å². The molecule has 1 heterocycles. The minimum absolute atomic E-state index is 0.113. The second kappa shape index (κ2) is 8.76. The van der Waals surface area contributed by atoms with Crippen LogP contribution in [0.2, 0.25) is 0 Å². The van der Waals surface area contributed by atoms with E-state index in [1.165, 1.54) is 6.92 Å². The summed E-state index contributed by atoms with van der Waals surface area (Å²) in [5, 5.41) is 1.99. The molecule has 0 unspecified atom stereocenters. The number of aryl methyl sites for hydroxylation is 1. The first-order chi connectivity index (χ1) is 14.6. The van der Waals surface area contributed by atoms with E-state index in [2.05, 4.69) is 4.98 Å². The summed E-state index contributed by atoms with van der Waals surface area (Å²) in [7, 11) is 1.62. The average molecular weight is 421 g/mol. The van der Waals surface area contributed by atoms with Crippen LogP contribution in [0.5, 0.6) is 5.75 Å². The number of nitrogens with one attached hydrogen (secondary N) is 1. The predicted octanol–water partition coefficient (Wildman–Crippen LogP) is 4.91. The molecule has 1 aromatic heterocycles.